The zero-order chi connectivity index (χ0) is 11.5. The second-order valence-corrected chi connectivity index (χ2v) is 5.52. The molecule has 2 aromatic rings. The third-order valence-corrected chi connectivity index (χ3v) is 4.04. The van der Waals surface area contributed by atoms with E-state index in [9.17, 15) is 0 Å². The summed E-state index contributed by atoms with van der Waals surface area (Å²) in [6.45, 7) is 2.75. The summed E-state index contributed by atoms with van der Waals surface area (Å²) in [5.41, 5.74) is 7.82. The Kier molecular flexibility index (Phi) is 3.74. The van der Waals surface area contributed by atoms with Crippen LogP contribution in [-0.2, 0) is 0 Å². The van der Waals surface area contributed by atoms with Gasteiger partial charge in [-0.15, -0.1) is 11.3 Å². The highest BCUT2D eigenvalue weighted by molar-refractivity contribution is 9.10. The molecule has 0 bridgehead atoms. The van der Waals surface area contributed by atoms with Gasteiger partial charge in [0.05, 0.1) is 10.7 Å². The van der Waals surface area contributed by atoms with E-state index in [1.165, 1.54) is 0 Å². The van der Waals surface area contributed by atoms with Crippen molar-refractivity contribution < 1.29 is 0 Å². The van der Waals surface area contributed by atoms with E-state index in [2.05, 4.69) is 45.4 Å². The Bertz CT molecular complexity index is 464. The Morgan fingerprint density at radius 1 is 1.38 bits per heavy atom. The van der Waals surface area contributed by atoms with Gasteiger partial charge in [0.2, 0.25) is 0 Å². The molecule has 2 rings (SSSR count). The van der Waals surface area contributed by atoms with Crippen molar-refractivity contribution in [2.45, 2.75) is 12.8 Å². The molecule has 1 atom stereocenters. The highest BCUT2D eigenvalue weighted by Gasteiger charge is 2.09. The third-order valence-electron chi connectivity index (χ3n) is 2.44. The number of aromatic nitrogens is 1. The second-order valence-electron chi connectivity index (χ2n) is 3.71. The van der Waals surface area contributed by atoms with Gasteiger partial charge in [0.1, 0.15) is 0 Å². The lowest BCUT2D eigenvalue weighted by molar-refractivity contribution is 0.766. The lowest BCUT2D eigenvalue weighted by atomic mass is 10.1. The van der Waals surface area contributed by atoms with Crippen LogP contribution in [0.3, 0.4) is 0 Å². The van der Waals surface area contributed by atoms with Gasteiger partial charge in [-0.1, -0.05) is 35.0 Å². The fraction of sp³-hybridized carbons (Fsp3) is 0.250. The largest absolute Gasteiger partial charge is 0.330 e. The topological polar surface area (TPSA) is 38.9 Å². The van der Waals surface area contributed by atoms with Gasteiger partial charge >= 0.3 is 0 Å². The van der Waals surface area contributed by atoms with E-state index >= 15 is 0 Å². The Morgan fingerprint density at radius 3 is 2.69 bits per heavy atom. The lowest BCUT2D eigenvalue weighted by Crippen LogP contribution is -2.08. The van der Waals surface area contributed by atoms with Crippen molar-refractivity contribution in [1.29, 1.82) is 0 Å². The summed E-state index contributed by atoms with van der Waals surface area (Å²) in [5.74, 6) is 0.342. The summed E-state index contributed by atoms with van der Waals surface area (Å²) < 4.78 is 1.09. The monoisotopic (exact) mass is 296 g/mol. The third kappa shape index (κ3) is 2.51. The minimum Gasteiger partial charge on any atom is -0.330 e. The lowest BCUT2D eigenvalue weighted by Gasteiger charge is -2.02. The molecule has 0 fully saturated rings. The Morgan fingerprint density at radius 2 is 2.06 bits per heavy atom. The van der Waals surface area contributed by atoms with Crippen LogP contribution in [0.5, 0.6) is 0 Å². The zero-order valence-electron chi connectivity index (χ0n) is 8.98. The smallest absolute Gasteiger partial charge is 0.0973 e. The van der Waals surface area contributed by atoms with Crippen LogP contribution in [0.25, 0.3) is 11.3 Å². The first-order chi connectivity index (χ1) is 7.70. The molecule has 0 saturated carbocycles. The van der Waals surface area contributed by atoms with Crippen molar-refractivity contribution >= 4 is 27.3 Å². The van der Waals surface area contributed by atoms with Gasteiger partial charge in [-0.2, -0.15) is 0 Å². The van der Waals surface area contributed by atoms with Gasteiger partial charge in [0.25, 0.3) is 0 Å². The van der Waals surface area contributed by atoms with Crippen molar-refractivity contribution in [2.24, 2.45) is 5.73 Å². The maximum Gasteiger partial charge on any atom is 0.0973 e. The van der Waals surface area contributed by atoms with E-state index in [1.54, 1.807) is 11.3 Å². The van der Waals surface area contributed by atoms with Crippen LogP contribution in [0.2, 0.25) is 0 Å². The molecule has 1 aromatic heterocycles. The van der Waals surface area contributed by atoms with E-state index in [-0.39, 0.29) is 0 Å². The number of nitrogens with two attached hydrogens (primary N) is 1. The molecule has 0 radical (unpaired) electrons. The molecule has 4 heteroatoms. The number of halogens is 1. The average molecular weight is 297 g/mol. The van der Waals surface area contributed by atoms with Crippen LogP contribution in [0.15, 0.2) is 34.1 Å². The molecule has 1 aromatic carbocycles. The predicted molar refractivity (Wildman–Crippen MR) is 72.7 cm³/mol. The van der Waals surface area contributed by atoms with E-state index in [0.29, 0.717) is 12.5 Å². The quantitative estimate of drug-likeness (QED) is 0.939. The fourth-order valence-electron chi connectivity index (χ4n) is 1.37. The summed E-state index contributed by atoms with van der Waals surface area (Å²) in [6.07, 6.45) is 0. The Labute approximate surface area is 108 Å². The van der Waals surface area contributed by atoms with E-state index in [0.717, 1.165) is 20.7 Å². The molecular formula is C12H13BrN2S. The van der Waals surface area contributed by atoms with Crippen molar-refractivity contribution in [3.63, 3.8) is 0 Å². The molecule has 2 N–H and O–H groups in total. The van der Waals surface area contributed by atoms with Crippen LogP contribution in [0.4, 0.5) is 0 Å². The molecule has 2 nitrogen and oxygen atoms in total. The van der Waals surface area contributed by atoms with Gasteiger partial charge < -0.3 is 5.73 Å². The summed E-state index contributed by atoms with van der Waals surface area (Å²) in [4.78, 5) is 4.60. The van der Waals surface area contributed by atoms with E-state index < -0.39 is 0 Å². The molecule has 0 aliphatic heterocycles. The summed E-state index contributed by atoms with van der Waals surface area (Å²) in [7, 11) is 0. The first-order valence-electron chi connectivity index (χ1n) is 5.12. The number of hydrogen-bond acceptors (Lipinski definition) is 3. The molecule has 0 aliphatic carbocycles. The second kappa shape index (κ2) is 5.08. The highest BCUT2D eigenvalue weighted by Crippen LogP contribution is 2.26. The molecule has 0 amide bonds. The van der Waals surface area contributed by atoms with Crippen LogP contribution in [-0.4, -0.2) is 11.5 Å². The number of hydrogen-bond donors (Lipinski definition) is 1. The van der Waals surface area contributed by atoms with Gasteiger partial charge in [0.15, 0.2) is 0 Å². The fourth-order valence-corrected chi connectivity index (χ4v) is 2.53. The maximum atomic E-state index is 5.63. The van der Waals surface area contributed by atoms with Gasteiger partial charge in [-0.25, -0.2) is 4.98 Å². The van der Waals surface area contributed by atoms with E-state index in [4.69, 9.17) is 5.73 Å². The normalized spacial score (nSPS) is 12.7. The minimum absolute atomic E-state index is 0.342. The number of benzene rings is 1. The van der Waals surface area contributed by atoms with Gasteiger partial charge in [0, 0.05) is 27.9 Å². The predicted octanol–water partition coefficient (Wildman–Crippen LogP) is 3.63. The standard InChI is InChI=1S/C12H13BrN2S/c1-8(6-14)12-15-11(7-16-12)9-2-4-10(13)5-3-9/h2-5,7-8H,6,14H2,1H3. The average Bonchev–Trinajstić information content (AvgIpc) is 2.78. The maximum absolute atomic E-state index is 5.63. The van der Waals surface area contributed by atoms with Crippen molar-refractivity contribution in [3.05, 3.63) is 39.1 Å². The molecule has 16 heavy (non-hydrogen) atoms. The molecule has 0 aliphatic rings. The van der Waals surface area contributed by atoms with E-state index in [1.807, 2.05) is 12.1 Å². The molecule has 1 heterocycles. The first kappa shape index (κ1) is 11.8. The van der Waals surface area contributed by atoms with Crippen molar-refractivity contribution in [3.8, 4) is 11.3 Å². The molecule has 0 spiro atoms. The first-order valence-corrected chi connectivity index (χ1v) is 6.79. The van der Waals surface area contributed by atoms with Crippen LogP contribution in [0.1, 0.15) is 17.8 Å². The number of thiazole rings is 1. The molecule has 84 valence electrons. The minimum atomic E-state index is 0.342. The van der Waals surface area contributed by atoms with Crippen LogP contribution in [0, 0.1) is 0 Å². The molecule has 0 saturated heterocycles. The van der Waals surface area contributed by atoms with Gasteiger partial charge in [-0.05, 0) is 12.1 Å². The van der Waals surface area contributed by atoms with Crippen molar-refractivity contribution in [2.75, 3.05) is 6.54 Å². The zero-order valence-corrected chi connectivity index (χ0v) is 11.4. The summed E-state index contributed by atoms with van der Waals surface area (Å²) in [5, 5.41) is 3.20. The summed E-state index contributed by atoms with van der Waals surface area (Å²) >= 11 is 5.10. The van der Waals surface area contributed by atoms with Crippen molar-refractivity contribution in [1.82, 2.24) is 4.98 Å². The number of nitrogens with zero attached hydrogens (tertiary/aromatic N) is 1. The molecule has 1 unspecified atom stereocenters. The highest BCUT2D eigenvalue weighted by atomic mass is 79.9. The molecular weight excluding hydrogens is 284 g/mol. The van der Waals surface area contributed by atoms with Crippen LogP contribution < -0.4 is 5.73 Å². The number of rotatable bonds is 3. The van der Waals surface area contributed by atoms with Gasteiger partial charge in [-0.3, -0.25) is 0 Å². The Balaban J connectivity index is 2.28. The summed E-state index contributed by atoms with van der Waals surface area (Å²) in [6, 6.07) is 8.19. The van der Waals surface area contributed by atoms with Crippen LogP contribution >= 0.6 is 27.3 Å². The SMILES string of the molecule is CC(CN)c1nc(-c2ccc(Br)cc2)cs1. The Hall–Kier alpha value is -0.710.